The Morgan fingerprint density at radius 2 is 0.652 bits per heavy atom. The minimum atomic E-state index is -2.19. The van der Waals surface area contributed by atoms with Gasteiger partial charge in [0, 0.05) is 25.7 Å². The molecule has 18 N–H and O–H groups in total. The highest BCUT2D eigenvalue weighted by molar-refractivity contribution is 5.99. The minimum Gasteiger partial charge on any atom is -0.481 e. The molecule has 66 heavy (non-hydrogen) atoms. The standard InChI is InChI=1S/C35H51N9O22/c1-13(38-32(62)18(10-25(52)53)43-29(59)14(36)2-7-22(46)47)28(58)42-19(11-26(54)55)33(63)39-15(3-6-21(37)45)31(61)44-20(12-27(56)57)34(64)40-16(4-8-23(48)49)30(60)41-17(35(65)66)5-9-24(50)51/h13-20H,2-12,36H2,1H3,(H2,37,45)(H,38,62)(H,39,63)(H,40,64)(H,41,60)(H,42,58)(H,43,59)(H,44,61)(H,46,47)(H,48,49)(H,50,51)(H,52,53)(H,54,55)(H,56,57)(H,65,66)/t13-,14-,15-,16-,17-,18-,19-,20-/m0/s1. The first-order valence-corrected chi connectivity index (χ1v) is 19.2. The maximum absolute atomic E-state index is 13.5. The maximum atomic E-state index is 13.5. The fourth-order valence-corrected chi connectivity index (χ4v) is 5.22. The number of primary amides is 1. The molecule has 0 bridgehead atoms. The molecule has 0 aromatic rings. The number of aliphatic carboxylic acids is 7. The van der Waals surface area contributed by atoms with Crippen LogP contribution in [0.3, 0.4) is 0 Å². The van der Waals surface area contributed by atoms with E-state index < -0.39 is 208 Å². The molecule has 31 nitrogen and oxygen atoms in total. The molecule has 0 radical (unpaired) electrons. The molecule has 0 aliphatic rings. The number of carboxylic acids is 7. The van der Waals surface area contributed by atoms with Gasteiger partial charge in [0.25, 0.3) is 0 Å². The molecule has 0 saturated carbocycles. The van der Waals surface area contributed by atoms with Gasteiger partial charge in [-0.15, -0.1) is 0 Å². The van der Waals surface area contributed by atoms with Crippen LogP contribution < -0.4 is 48.7 Å². The second-order valence-electron chi connectivity index (χ2n) is 14.1. The zero-order chi connectivity index (χ0) is 51.0. The van der Waals surface area contributed by atoms with Gasteiger partial charge >= 0.3 is 41.8 Å². The lowest BCUT2D eigenvalue weighted by Crippen LogP contribution is -2.60. The Morgan fingerprint density at radius 1 is 0.364 bits per heavy atom. The lowest BCUT2D eigenvalue weighted by molar-refractivity contribution is -0.145. The zero-order valence-corrected chi connectivity index (χ0v) is 34.8. The van der Waals surface area contributed by atoms with Gasteiger partial charge in [0.05, 0.1) is 25.3 Å². The van der Waals surface area contributed by atoms with Crippen molar-refractivity contribution in [2.75, 3.05) is 0 Å². The Labute approximate surface area is 371 Å². The van der Waals surface area contributed by atoms with Crippen LogP contribution in [-0.4, -0.2) is 173 Å². The van der Waals surface area contributed by atoms with Gasteiger partial charge in [0.15, 0.2) is 0 Å². The van der Waals surface area contributed by atoms with Crippen molar-refractivity contribution in [3.8, 4) is 0 Å². The number of carbonyl (C=O) groups is 15. The monoisotopic (exact) mass is 949 g/mol. The molecular weight excluding hydrogens is 898 g/mol. The minimum absolute atomic E-state index is 0.410. The Morgan fingerprint density at radius 3 is 1.02 bits per heavy atom. The SMILES string of the molecule is C[C@H](NC(=O)[C@H](CC(=O)O)NC(=O)[C@@H](N)CCC(=O)O)C(=O)N[C@@H](CC(=O)O)C(=O)N[C@@H](CCC(N)=O)C(=O)N[C@@H](CC(=O)O)C(=O)N[C@@H](CCC(=O)O)C(=O)N[C@@H](CCC(=O)O)C(=O)O. The molecular formula is C35H51N9O22. The second kappa shape index (κ2) is 28.6. The summed E-state index contributed by atoms with van der Waals surface area (Å²) in [5, 5.41) is 78.3. The molecule has 0 heterocycles. The van der Waals surface area contributed by atoms with E-state index in [0.717, 1.165) is 6.92 Å². The number of hydrogen-bond acceptors (Lipinski definition) is 16. The van der Waals surface area contributed by atoms with Crippen molar-refractivity contribution in [1.29, 1.82) is 0 Å². The number of rotatable bonds is 33. The summed E-state index contributed by atoms with van der Waals surface area (Å²) in [7, 11) is 0. The van der Waals surface area contributed by atoms with Crippen molar-refractivity contribution >= 4 is 89.0 Å². The summed E-state index contributed by atoms with van der Waals surface area (Å²) in [6.45, 7) is 0.970. The normalized spacial score (nSPS) is 14.3. The molecule has 0 unspecified atom stereocenters. The average Bonchev–Trinajstić information content (AvgIpc) is 3.19. The molecule has 0 aromatic heterocycles. The van der Waals surface area contributed by atoms with E-state index in [4.69, 9.17) is 26.8 Å². The van der Waals surface area contributed by atoms with Gasteiger partial charge < -0.3 is 84.4 Å². The van der Waals surface area contributed by atoms with E-state index in [-0.39, 0.29) is 0 Å². The largest absolute Gasteiger partial charge is 0.481 e. The number of nitrogens with one attached hydrogen (secondary N) is 7. The number of amides is 8. The molecule has 0 aliphatic carbocycles. The van der Waals surface area contributed by atoms with E-state index in [1.807, 2.05) is 37.2 Å². The van der Waals surface area contributed by atoms with Crippen molar-refractivity contribution in [1.82, 2.24) is 37.2 Å². The van der Waals surface area contributed by atoms with Gasteiger partial charge in [0.2, 0.25) is 47.3 Å². The fourth-order valence-electron chi connectivity index (χ4n) is 5.22. The van der Waals surface area contributed by atoms with Gasteiger partial charge in [-0.05, 0) is 32.6 Å². The van der Waals surface area contributed by atoms with E-state index >= 15 is 0 Å². The lowest BCUT2D eigenvalue weighted by Gasteiger charge is -2.26. The van der Waals surface area contributed by atoms with Gasteiger partial charge in [-0.25, -0.2) is 4.79 Å². The summed E-state index contributed by atoms with van der Waals surface area (Å²) in [6, 6.07) is -15.3. The van der Waals surface area contributed by atoms with Crippen molar-refractivity contribution in [2.24, 2.45) is 11.5 Å². The molecule has 8 amide bonds. The van der Waals surface area contributed by atoms with Crippen molar-refractivity contribution in [3.63, 3.8) is 0 Å². The number of hydrogen-bond donors (Lipinski definition) is 16. The van der Waals surface area contributed by atoms with Crippen LogP contribution in [0.1, 0.15) is 77.6 Å². The van der Waals surface area contributed by atoms with Crippen molar-refractivity contribution in [2.45, 2.75) is 126 Å². The average molecular weight is 950 g/mol. The van der Waals surface area contributed by atoms with Crippen LogP contribution in [-0.2, 0) is 71.9 Å². The predicted molar refractivity (Wildman–Crippen MR) is 211 cm³/mol. The topological polar surface area (TPSA) is 534 Å². The zero-order valence-electron chi connectivity index (χ0n) is 34.8. The molecule has 0 aromatic carbocycles. The van der Waals surface area contributed by atoms with E-state index in [1.54, 1.807) is 0 Å². The Bertz CT molecular complexity index is 1890. The first-order valence-electron chi connectivity index (χ1n) is 19.2. The van der Waals surface area contributed by atoms with Gasteiger partial charge in [-0.1, -0.05) is 0 Å². The van der Waals surface area contributed by atoms with Crippen LogP contribution in [0.25, 0.3) is 0 Å². The summed E-state index contributed by atoms with van der Waals surface area (Å²) in [6.07, 6.45) is -9.04. The Hall–Kier alpha value is -7.99. The van der Waals surface area contributed by atoms with Crippen molar-refractivity contribution in [3.05, 3.63) is 0 Å². The molecule has 0 rings (SSSR count). The summed E-state index contributed by atoms with van der Waals surface area (Å²) in [5.74, 6) is -21.8. The van der Waals surface area contributed by atoms with Crippen molar-refractivity contribution < 1.29 is 108 Å². The number of nitrogens with two attached hydrogens (primary N) is 2. The van der Waals surface area contributed by atoms with Gasteiger partial charge in [0.1, 0.15) is 42.3 Å². The third-order valence-corrected chi connectivity index (χ3v) is 8.65. The fraction of sp³-hybridized carbons (Fsp3) is 0.571. The number of carbonyl (C=O) groups excluding carboxylic acids is 8. The summed E-state index contributed by atoms with van der Waals surface area (Å²) < 4.78 is 0. The van der Waals surface area contributed by atoms with E-state index in [1.165, 1.54) is 0 Å². The highest BCUT2D eigenvalue weighted by atomic mass is 16.4. The first kappa shape index (κ1) is 58.0. The lowest BCUT2D eigenvalue weighted by atomic mass is 10.1. The molecule has 368 valence electrons. The molecule has 31 heteroatoms. The molecule has 8 atom stereocenters. The molecule has 0 spiro atoms. The first-order chi connectivity index (χ1) is 30.5. The Kier molecular flexibility index (Phi) is 25.2. The van der Waals surface area contributed by atoms with Gasteiger partial charge in [-0.3, -0.25) is 67.1 Å². The van der Waals surface area contributed by atoms with Crippen LogP contribution in [0.4, 0.5) is 0 Å². The quantitative estimate of drug-likeness (QED) is 0.0291. The van der Waals surface area contributed by atoms with Crippen LogP contribution in [0, 0.1) is 0 Å². The van der Waals surface area contributed by atoms with Gasteiger partial charge in [-0.2, -0.15) is 0 Å². The maximum Gasteiger partial charge on any atom is 0.326 e. The molecule has 0 saturated heterocycles. The highest BCUT2D eigenvalue weighted by Gasteiger charge is 2.35. The summed E-state index contributed by atoms with van der Waals surface area (Å²) in [5.41, 5.74) is 10.8. The number of carboxylic acid groups (broad SMARTS) is 7. The summed E-state index contributed by atoms with van der Waals surface area (Å²) in [4.78, 5) is 183. The molecule has 0 fully saturated rings. The third kappa shape index (κ3) is 24.0. The van der Waals surface area contributed by atoms with E-state index in [2.05, 4.69) is 0 Å². The highest BCUT2D eigenvalue weighted by Crippen LogP contribution is 2.08. The predicted octanol–water partition coefficient (Wildman–Crippen LogP) is -6.90. The second-order valence-corrected chi connectivity index (χ2v) is 14.1. The van der Waals surface area contributed by atoms with Crippen LogP contribution >= 0.6 is 0 Å². The van der Waals surface area contributed by atoms with Crippen LogP contribution in [0.5, 0.6) is 0 Å². The molecule has 0 aliphatic heterocycles. The van der Waals surface area contributed by atoms with Crippen LogP contribution in [0.2, 0.25) is 0 Å². The smallest absolute Gasteiger partial charge is 0.326 e. The van der Waals surface area contributed by atoms with E-state index in [0.29, 0.717) is 0 Å². The Balaban J connectivity index is 6.41. The van der Waals surface area contributed by atoms with Crippen LogP contribution in [0.15, 0.2) is 0 Å². The summed E-state index contributed by atoms with van der Waals surface area (Å²) >= 11 is 0. The van der Waals surface area contributed by atoms with E-state index in [9.17, 15) is 92.3 Å². The third-order valence-electron chi connectivity index (χ3n) is 8.65.